The fourth-order valence-electron chi connectivity index (χ4n) is 3.47. The van der Waals surface area contributed by atoms with Gasteiger partial charge in [-0.3, -0.25) is 9.36 Å². The number of benzene rings is 1. The first kappa shape index (κ1) is 13.0. The van der Waals surface area contributed by atoms with Crippen molar-refractivity contribution >= 4 is 10.9 Å². The van der Waals surface area contributed by atoms with Crippen LogP contribution in [0.4, 0.5) is 0 Å². The van der Waals surface area contributed by atoms with Crippen molar-refractivity contribution in [2.75, 3.05) is 13.1 Å². The molecule has 1 aliphatic heterocycles. The number of rotatable bonds is 2. The Morgan fingerprint density at radius 1 is 1.10 bits per heavy atom. The van der Waals surface area contributed by atoms with Crippen molar-refractivity contribution in [3.63, 3.8) is 0 Å². The highest BCUT2D eigenvalue weighted by Gasteiger charge is 2.32. The SMILES string of the molecule is Cc1ccc2c(=O)n(C3CCN(C4CC4)CC3)cnc2c1. The Morgan fingerprint density at radius 3 is 2.57 bits per heavy atom. The van der Waals surface area contributed by atoms with Crippen LogP contribution in [0, 0.1) is 6.92 Å². The van der Waals surface area contributed by atoms with Crippen molar-refractivity contribution in [3.8, 4) is 0 Å². The van der Waals surface area contributed by atoms with Gasteiger partial charge in [0.2, 0.25) is 0 Å². The molecule has 0 spiro atoms. The molecular formula is C17H21N3O. The Kier molecular flexibility index (Phi) is 3.07. The van der Waals surface area contributed by atoms with Gasteiger partial charge in [0.25, 0.3) is 5.56 Å². The predicted octanol–water partition coefficient (Wildman–Crippen LogP) is 2.50. The summed E-state index contributed by atoms with van der Waals surface area (Å²) in [5.41, 5.74) is 2.07. The maximum Gasteiger partial charge on any atom is 0.261 e. The molecule has 0 unspecified atom stereocenters. The monoisotopic (exact) mass is 283 g/mol. The molecule has 2 fully saturated rings. The maximum absolute atomic E-state index is 12.7. The van der Waals surface area contributed by atoms with Gasteiger partial charge in [0.05, 0.1) is 17.2 Å². The molecule has 21 heavy (non-hydrogen) atoms. The van der Waals surface area contributed by atoms with Gasteiger partial charge >= 0.3 is 0 Å². The second-order valence-corrected chi connectivity index (χ2v) is 6.48. The van der Waals surface area contributed by atoms with Crippen molar-refractivity contribution in [2.24, 2.45) is 0 Å². The molecule has 0 N–H and O–H groups in total. The van der Waals surface area contributed by atoms with E-state index in [4.69, 9.17) is 0 Å². The molecule has 1 aromatic heterocycles. The molecule has 0 amide bonds. The molecule has 0 atom stereocenters. The lowest BCUT2D eigenvalue weighted by molar-refractivity contribution is 0.176. The maximum atomic E-state index is 12.7. The third kappa shape index (κ3) is 2.38. The Hall–Kier alpha value is -1.68. The van der Waals surface area contributed by atoms with Crippen LogP contribution in [-0.2, 0) is 0 Å². The Labute approximate surface area is 124 Å². The average Bonchev–Trinajstić information content (AvgIpc) is 3.32. The highest BCUT2D eigenvalue weighted by Crippen LogP contribution is 2.31. The molecule has 1 saturated heterocycles. The van der Waals surface area contributed by atoms with E-state index in [0.29, 0.717) is 6.04 Å². The first-order chi connectivity index (χ1) is 10.2. The zero-order valence-corrected chi connectivity index (χ0v) is 12.5. The Balaban J connectivity index is 1.63. The number of hydrogen-bond donors (Lipinski definition) is 0. The fraction of sp³-hybridized carbons (Fsp3) is 0.529. The number of aromatic nitrogens is 2. The van der Waals surface area contributed by atoms with E-state index in [2.05, 4.69) is 9.88 Å². The first-order valence-corrected chi connectivity index (χ1v) is 7.94. The van der Waals surface area contributed by atoms with E-state index in [1.807, 2.05) is 29.7 Å². The van der Waals surface area contributed by atoms with Gasteiger partial charge in [-0.15, -0.1) is 0 Å². The molecule has 1 aromatic carbocycles. The van der Waals surface area contributed by atoms with Crippen LogP contribution < -0.4 is 5.56 Å². The van der Waals surface area contributed by atoms with Crippen molar-refractivity contribution in [2.45, 2.75) is 44.7 Å². The van der Waals surface area contributed by atoms with Gasteiger partial charge in [-0.2, -0.15) is 0 Å². The fourth-order valence-corrected chi connectivity index (χ4v) is 3.47. The summed E-state index contributed by atoms with van der Waals surface area (Å²) in [5, 5.41) is 0.743. The predicted molar refractivity (Wildman–Crippen MR) is 83.6 cm³/mol. The minimum atomic E-state index is 0.116. The molecule has 2 aliphatic rings. The van der Waals surface area contributed by atoms with Crippen LogP contribution in [0.5, 0.6) is 0 Å². The van der Waals surface area contributed by atoms with Crippen molar-refractivity contribution in [1.82, 2.24) is 14.5 Å². The standard InChI is InChI=1S/C17H21N3O/c1-12-2-5-15-16(10-12)18-11-20(17(15)21)14-6-8-19(9-7-14)13-3-4-13/h2,5,10-11,13-14H,3-4,6-9H2,1H3. The minimum Gasteiger partial charge on any atom is -0.300 e. The number of piperidine rings is 1. The normalized spacial score (nSPS) is 21.0. The minimum absolute atomic E-state index is 0.116. The van der Waals surface area contributed by atoms with Gasteiger partial charge in [0, 0.05) is 25.2 Å². The number of fused-ring (bicyclic) bond motifs is 1. The molecule has 110 valence electrons. The highest BCUT2D eigenvalue weighted by atomic mass is 16.1. The zero-order chi connectivity index (χ0) is 14.4. The molecule has 4 heteroatoms. The summed E-state index contributed by atoms with van der Waals surface area (Å²) in [7, 11) is 0. The van der Waals surface area contributed by atoms with Crippen LogP contribution in [0.25, 0.3) is 10.9 Å². The van der Waals surface area contributed by atoms with Crippen LogP contribution in [0.1, 0.15) is 37.3 Å². The van der Waals surface area contributed by atoms with Gasteiger partial charge in [-0.1, -0.05) is 6.07 Å². The zero-order valence-electron chi connectivity index (χ0n) is 12.5. The van der Waals surface area contributed by atoms with E-state index in [0.717, 1.165) is 48.4 Å². The third-order valence-corrected chi connectivity index (χ3v) is 4.90. The molecule has 4 rings (SSSR count). The van der Waals surface area contributed by atoms with Gasteiger partial charge in [-0.05, 0) is 50.3 Å². The van der Waals surface area contributed by atoms with Gasteiger partial charge in [0.15, 0.2) is 0 Å². The smallest absolute Gasteiger partial charge is 0.261 e. The second-order valence-electron chi connectivity index (χ2n) is 6.48. The Bertz CT molecular complexity index is 724. The summed E-state index contributed by atoms with van der Waals surface area (Å²) in [5.74, 6) is 0. The molecule has 4 nitrogen and oxygen atoms in total. The van der Waals surface area contributed by atoms with E-state index in [9.17, 15) is 4.79 Å². The molecule has 0 bridgehead atoms. The summed E-state index contributed by atoms with van der Waals surface area (Å²) in [6.07, 6.45) is 6.61. The first-order valence-electron chi connectivity index (χ1n) is 7.94. The molecule has 1 saturated carbocycles. The van der Waals surface area contributed by atoms with Crippen LogP contribution in [0.3, 0.4) is 0 Å². The Morgan fingerprint density at radius 2 is 1.86 bits per heavy atom. The molecule has 0 radical (unpaired) electrons. The van der Waals surface area contributed by atoms with E-state index in [-0.39, 0.29) is 5.56 Å². The van der Waals surface area contributed by atoms with E-state index in [1.54, 1.807) is 6.33 Å². The third-order valence-electron chi connectivity index (χ3n) is 4.90. The number of nitrogens with zero attached hydrogens (tertiary/aromatic N) is 3. The molecule has 2 heterocycles. The molecule has 2 aromatic rings. The summed E-state index contributed by atoms with van der Waals surface area (Å²) in [6.45, 7) is 4.27. The van der Waals surface area contributed by atoms with E-state index in [1.165, 1.54) is 12.8 Å². The van der Waals surface area contributed by atoms with Gasteiger partial charge in [-0.25, -0.2) is 4.98 Å². The lowest BCUT2D eigenvalue weighted by Gasteiger charge is -2.32. The summed E-state index contributed by atoms with van der Waals surface area (Å²) in [6, 6.07) is 7.03. The summed E-state index contributed by atoms with van der Waals surface area (Å²) in [4.78, 5) is 19.8. The van der Waals surface area contributed by atoms with Crippen LogP contribution in [0.2, 0.25) is 0 Å². The van der Waals surface area contributed by atoms with Gasteiger partial charge in [0.1, 0.15) is 0 Å². The quantitative estimate of drug-likeness (QED) is 0.850. The lowest BCUT2D eigenvalue weighted by atomic mass is 10.0. The number of hydrogen-bond acceptors (Lipinski definition) is 3. The van der Waals surface area contributed by atoms with Crippen LogP contribution in [-0.4, -0.2) is 33.6 Å². The van der Waals surface area contributed by atoms with Crippen molar-refractivity contribution < 1.29 is 0 Å². The average molecular weight is 283 g/mol. The molecular weight excluding hydrogens is 262 g/mol. The largest absolute Gasteiger partial charge is 0.300 e. The van der Waals surface area contributed by atoms with Crippen molar-refractivity contribution in [1.29, 1.82) is 0 Å². The van der Waals surface area contributed by atoms with Crippen LogP contribution in [0.15, 0.2) is 29.3 Å². The number of aryl methyl sites for hydroxylation is 1. The van der Waals surface area contributed by atoms with Crippen molar-refractivity contribution in [3.05, 3.63) is 40.4 Å². The summed E-state index contributed by atoms with van der Waals surface area (Å²) < 4.78 is 1.86. The highest BCUT2D eigenvalue weighted by molar-refractivity contribution is 5.77. The number of likely N-dealkylation sites (tertiary alicyclic amines) is 1. The van der Waals surface area contributed by atoms with E-state index < -0.39 is 0 Å². The summed E-state index contributed by atoms with van der Waals surface area (Å²) >= 11 is 0. The second kappa shape index (κ2) is 4.95. The lowest BCUT2D eigenvalue weighted by Crippen LogP contribution is -2.38. The topological polar surface area (TPSA) is 38.1 Å². The van der Waals surface area contributed by atoms with Crippen LogP contribution >= 0.6 is 0 Å². The van der Waals surface area contributed by atoms with Gasteiger partial charge < -0.3 is 4.90 Å². The van der Waals surface area contributed by atoms with E-state index >= 15 is 0 Å². The molecule has 1 aliphatic carbocycles.